The number of esters is 1. The van der Waals surface area contributed by atoms with Crippen molar-refractivity contribution in [3.8, 4) is 0 Å². The monoisotopic (exact) mass is 441 g/mol. The second-order valence-electron chi connectivity index (χ2n) is 6.32. The van der Waals surface area contributed by atoms with Gasteiger partial charge in [0.2, 0.25) is 15.9 Å². The number of halogens is 1. The highest BCUT2D eigenvalue weighted by atomic mass is 32.2. The third-order valence-electron chi connectivity index (χ3n) is 4.34. The highest BCUT2D eigenvalue weighted by Gasteiger charge is 2.40. The Morgan fingerprint density at radius 1 is 1.38 bits per heavy atom. The van der Waals surface area contributed by atoms with Crippen LogP contribution in [-0.4, -0.2) is 48.8 Å². The number of hydrogen-bond acceptors (Lipinski definition) is 7. The van der Waals surface area contributed by atoms with Crippen molar-refractivity contribution in [1.82, 2.24) is 9.29 Å². The molecule has 1 aliphatic heterocycles. The zero-order valence-electron chi connectivity index (χ0n) is 15.6. The van der Waals surface area contributed by atoms with Gasteiger partial charge in [-0.1, -0.05) is 12.1 Å². The van der Waals surface area contributed by atoms with Gasteiger partial charge in [0.1, 0.15) is 16.8 Å². The molecule has 3 rings (SSSR count). The number of benzene rings is 1. The van der Waals surface area contributed by atoms with Crippen LogP contribution in [0.1, 0.15) is 25.5 Å². The Morgan fingerprint density at radius 2 is 2.14 bits per heavy atom. The van der Waals surface area contributed by atoms with E-state index >= 15 is 0 Å². The molecule has 29 heavy (non-hydrogen) atoms. The summed E-state index contributed by atoms with van der Waals surface area (Å²) in [4.78, 5) is 27.9. The third kappa shape index (κ3) is 4.80. The lowest BCUT2D eigenvalue weighted by Gasteiger charge is -2.23. The molecular formula is C18H20FN3O5S2. The number of nitrogens with zero attached hydrogens (tertiary/aromatic N) is 2. The van der Waals surface area contributed by atoms with Crippen molar-refractivity contribution in [1.29, 1.82) is 0 Å². The highest BCUT2D eigenvalue weighted by Crippen LogP contribution is 2.28. The van der Waals surface area contributed by atoms with Gasteiger partial charge >= 0.3 is 5.97 Å². The first-order valence-electron chi connectivity index (χ1n) is 9.00. The molecule has 0 saturated carbocycles. The summed E-state index contributed by atoms with van der Waals surface area (Å²) in [6, 6.07) is 4.12. The van der Waals surface area contributed by atoms with E-state index in [1.807, 2.05) is 0 Å². The Bertz CT molecular complexity index is 1010. The molecule has 0 radical (unpaired) electrons. The summed E-state index contributed by atoms with van der Waals surface area (Å²) in [6.07, 6.45) is 0.787. The maximum atomic E-state index is 14.0. The summed E-state index contributed by atoms with van der Waals surface area (Å²) < 4.78 is 45.6. The van der Waals surface area contributed by atoms with Crippen molar-refractivity contribution in [2.24, 2.45) is 0 Å². The Balaban J connectivity index is 1.72. The molecule has 1 N–H and O–H groups in total. The fourth-order valence-electron chi connectivity index (χ4n) is 3.06. The number of thiazole rings is 1. The smallest absolute Gasteiger partial charge is 0.311 e. The zero-order valence-corrected chi connectivity index (χ0v) is 17.3. The Morgan fingerprint density at radius 3 is 2.86 bits per heavy atom. The van der Waals surface area contributed by atoms with Gasteiger partial charge in [-0.3, -0.25) is 9.59 Å². The highest BCUT2D eigenvalue weighted by molar-refractivity contribution is 7.89. The first-order valence-corrected chi connectivity index (χ1v) is 11.3. The van der Waals surface area contributed by atoms with E-state index in [9.17, 15) is 22.4 Å². The van der Waals surface area contributed by atoms with E-state index in [-0.39, 0.29) is 24.7 Å². The van der Waals surface area contributed by atoms with Crippen molar-refractivity contribution >= 4 is 38.4 Å². The normalized spacial score (nSPS) is 17.2. The molecule has 0 aliphatic carbocycles. The van der Waals surface area contributed by atoms with Crippen molar-refractivity contribution in [2.45, 2.75) is 37.1 Å². The second kappa shape index (κ2) is 8.97. The predicted octanol–water partition coefficient (Wildman–Crippen LogP) is 2.18. The number of carbonyl (C=O) groups excluding carboxylic acids is 2. The molecule has 0 spiro atoms. The molecule has 0 bridgehead atoms. The molecule has 1 atom stereocenters. The van der Waals surface area contributed by atoms with E-state index in [2.05, 4.69) is 10.3 Å². The van der Waals surface area contributed by atoms with E-state index in [0.29, 0.717) is 18.5 Å². The van der Waals surface area contributed by atoms with Crippen molar-refractivity contribution in [2.75, 3.05) is 18.5 Å². The van der Waals surface area contributed by atoms with Crippen LogP contribution in [0.15, 0.2) is 34.5 Å². The maximum Gasteiger partial charge on any atom is 0.311 e. The quantitative estimate of drug-likeness (QED) is 0.660. The molecule has 1 aliphatic rings. The summed E-state index contributed by atoms with van der Waals surface area (Å²) in [7, 11) is -4.15. The number of hydrogen-bond donors (Lipinski definition) is 1. The van der Waals surface area contributed by atoms with Gasteiger partial charge in [-0.25, -0.2) is 17.8 Å². The van der Waals surface area contributed by atoms with Crippen LogP contribution in [0.3, 0.4) is 0 Å². The van der Waals surface area contributed by atoms with Gasteiger partial charge < -0.3 is 10.1 Å². The van der Waals surface area contributed by atoms with Crippen LogP contribution >= 0.6 is 11.3 Å². The van der Waals surface area contributed by atoms with Crippen LogP contribution in [0.2, 0.25) is 0 Å². The summed E-state index contributed by atoms with van der Waals surface area (Å²) in [5.41, 5.74) is 0.450. The van der Waals surface area contributed by atoms with Crippen LogP contribution < -0.4 is 5.32 Å². The van der Waals surface area contributed by atoms with Gasteiger partial charge in [-0.05, 0) is 31.9 Å². The van der Waals surface area contributed by atoms with Crippen LogP contribution in [0.25, 0.3) is 0 Å². The first kappa shape index (κ1) is 21.3. The number of ether oxygens (including phenoxy) is 1. The van der Waals surface area contributed by atoms with Gasteiger partial charge in [-0.2, -0.15) is 4.31 Å². The molecule has 1 fully saturated rings. The van der Waals surface area contributed by atoms with Gasteiger partial charge in [0.25, 0.3) is 0 Å². The number of aromatic nitrogens is 1. The molecule has 156 valence electrons. The average Bonchev–Trinajstić information content (AvgIpc) is 3.32. The minimum Gasteiger partial charge on any atom is -0.466 e. The van der Waals surface area contributed by atoms with E-state index in [1.54, 1.807) is 12.3 Å². The van der Waals surface area contributed by atoms with Gasteiger partial charge in [-0.15, -0.1) is 11.3 Å². The topological polar surface area (TPSA) is 106 Å². The molecule has 8 nitrogen and oxygen atoms in total. The molecule has 1 aromatic heterocycles. The SMILES string of the molecule is CCOC(=O)Cc1csc(NC(=O)[C@@H]2CCCN2S(=O)(=O)c2ccccc2F)n1. The Labute approximate surface area is 171 Å². The number of sulfonamides is 1. The number of nitrogens with one attached hydrogen (secondary N) is 1. The zero-order chi connectivity index (χ0) is 21.0. The van der Waals surface area contributed by atoms with Gasteiger partial charge in [0, 0.05) is 11.9 Å². The van der Waals surface area contributed by atoms with Crippen LogP contribution in [-0.2, 0) is 30.8 Å². The molecule has 2 heterocycles. The molecule has 2 aromatic rings. The molecule has 1 amide bonds. The lowest BCUT2D eigenvalue weighted by molar-refractivity contribution is -0.142. The van der Waals surface area contributed by atoms with E-state index in [4.69, 9.17) is 4.74 Å². The minimum atomic E-state index is -4.15. The number of amides is 1. The number of rotatable bonds is 7. The maximum absolute atomic E-state index is 14.0. The predicted molar refractivity (Wildman–Crippen MR) is 104 cm³/mol. The molecule has 1 saturated heterocycles. The average molecular weight is 442 g/mol. The van der Waals surface area contributed by atoms with E-state index < -0.39 is 38.7 Å². The van der Waals surface area contributed by atoms with Gasteiger partial charge in [0.15, 0.2) is 5.13 Å². The van der Waals surface area contributed by atoms with Crippen molar-refractivity contribution in [3.05, 3.63) is 41.2 Å². The van der Waals surface area contributed by atoms with Gasteiger partial charge in [0.05, 0.1) is 18.7 Å². The van der Waals surface area contributed by atoms with Crippen LogP contribution in [0.4, 0.5) is 9.52 Å². The van der Waals surface area contributed by atoms with Crippen molar-refractivity contribution < 1.29 is 27.1 Å². The summed E-state index contributed by atoms with van der Waals surface area (Å²) in [5.74, 6) is -1.82. The third-order valence-corrected chi connectivity index (χ3v) is 7.09. The summed E-state index contributed by atoms with van der Waals surface area (Å²) in [6.45, 7) is 2.09. The summed E-state index contributed by atoms with van der Waals surface area (Å²) >= 11 is 1.13. The van der Waals surface area contributed by atoms with E-state index in [0.717, 1.165) is 21.7 Å². The Hall–Kier alpha value is -2.37. The first-order chi connectivity index (χ1) is 13.8. The minimum absolute atomic E-state index is 0.0164. The fourth-order valence-corrected chi connectivity index (χ4v) is 5.50. The molecule has 11 heteroatoms. The van der Waals surface area contributed by atoms with E-state index in [1.165, 1.54) is 18.2 Å². The van der Waals surface area contributed by atoms with Crippen LogP contribution in [0.5, 0.6) is 0 Å². The summed E-state index contributed by atoms with van der Waals surface area (Å²) in [5, 5.41) is 4.47. The lowest BCUT2D eigenvalue weighted by atomic mass is 10.2. The van der Waals surface area contributed by atoms with Crippen molar-refractivity contribution in [3.63, 3.8) is 0 Å². The number of carbonyl (C=O) groups is 2. The largest absolute Gasteiger partial charge is 0.466 e. The number of anilines is 1. The molecule has 1 aromatic carbocycles. The standard InChI is InChI=1S/C18H20FN3O5S2/c1-2-27-16(23)10-12-11-28-18(20-12)21-17(24)14-7-5-9-22(14)29(25,26)15-8-4-3-6-13(15)19/h3-4,6,8,11,14H,2,5,7,9-10H2,1H3,(H,20,21,24)/t14-/m0/s1. The Kier molecular flexibility index (Phi) is 6.60. The second-order valence-corrected chi connectivity index (χ2v) is 9.04. The fraction of sp³-hybridized carbons (Fsp3) is 0.389. The van der Waals surface area contributed by atoms with Crippen LogP contribution in [0, 0.1) is 5.82 Å². The molecular weight excluding hydrogens is 421 g/mol. The lowest BCUT2D eigenvalue weighted by Crippen LogP contribution is -2.43. The molecule has 0 unspecified atom stereocenters.